The zero-order valence-corrected chi connectivity index (χ0v) is 30.2. The molecular formula is C33H42Cl4N6O4. The number of piperidine rings is 1. The third-order valence-electron chi connectivity index (χ3n) is 9.08. The fraction of sp³-hybridized carbons (Fsp3) is 0.515. The number of carbonyl (C=O) groups is 3. The molecule has 0 saturated carbocycles. The lowest BCUT2D eigenvalue weighted by molar-refractivity contribution is -0.127. The second-order valence-corrected chi connectivity index (χ2v) is 14.3. The molecule has 2 aliphatic rings. The van der Waals surface area contributed by atoms with Crippen LogP contribution in [0, 0.1) is 0 Å². The molecule has 2 N–H and O–H groups in total. The van der Waals surface area contributed by atoms with Gasteiger partial charge in [-0.05, 0) is 82.0 Å². The lowest BCUT2D eigenvalue weighted by atomic mass is 9.89. The summed E-state index contributed by atoms with van der Waals surface area (Å²) in [6.07, 6.45) is 3.08. The van der Waals surface area contributed by atoms with E-state index in [9.17, 15) is 14.4 Å². The molecule has 2 fully saturated rings. The lowest BCUT2D eigenvalue weighted by Crippen LogP contribution is -2.64. The fourth-order valence-corrected chi connectivity index (χ4v) is 7.12. The molecule has 0 aromatic heterocycles. The van der Waals surface area contributed by atoms with E-state index in [4.69, 9.17) is 57.0 Å². The first-order chi connectivity index (χ1) is 22.2. The van der Waals surface area contributed by atoms with Crippen LogP contribution in [0.4, 0.5) is 4.79 Å². The minimum absolute atomic E-state index is 0.0846. The number of benzene rings is 2. The van der Waals surface area contributed by atoms with Crippen molar-refractivity contribution in [3.8, 4) is 0 Å². The van der Waals surface area contributed by atoms with Crippen LogP contribution in [0.2, 0.25) is 20.1 Å². The van der Waals surface area contributed by atoms with Crippen LogP contribution < -0.4 is 5.73 Å². The molecule has 14 heteroatoms. The average Bonchev–Trinajstić information content (AvgIpc) is 3.02. The van der Waals surface area contributed by atoms with Crippen molar-refractivity contribution in [2.45, 2.75) is 57.0 Å². The lowest BCUT2D eigenvalue weighted by Gasteiger charge is -2.47. The minimum Gasteiger partial charge on any atom is -0.399 e. The Labute approximate surface area is 296 Å². The van der Waals surface area contributed by atoms with E-state index in [2.05, 4.69) is 10.1 Å². The molecule has 0 aliphatic carbocycles. The topological polar surface area (TPSA) is 112 Å². The standard InChI is InChI=1S/C33H42Cl4N6O4/c1-33(2,31(38)45)43-12-5-11-42(32(43)46)25-8-13-41(14-9-25)15-10-26(21-6-7-27(36)28(37)18-21)29(39-47-4)20-40(3)30(44)22-16-23(34)19-24(35)17-22/h6-7,16-19,25-26H,5,8-15,20H2,1-4H3,(H2,38,45)/b39-29+. The van der Waals surface area contributed by atoms with Crippen LogP contribution in [0.5, 0.6) is 0 Å². The summed E-state index contributed by atoms with van der Waals surface area (Å²) >= 11 is 25.0. The highest BCUT2D eigenvalue weighted by Gasteiger charge is 2.42. The summed E-state index contributed by atoms with van der Waals surface area (Å²) < 4.78 is 0. The molecule has 1 atom stereocenters. The van der Waals surface area contributed by atoms with Gasteiger partial charge in [0.1, 0.15) is 12.6 Å². The van der Waals surface area contributed by atoms with Crippen LogP contribution in [0.15, 0.2) is 41.6 Å². The number of primary amides is 1. The van der Waals surface area contributed by atoms with Gasteiger partial charge in [-0.2, -0.15) is 0 Å². The van der Waals surface area contributed by atoms with E-state index in [0.717, 1.165) is 44.5 Å². The van der Waals surface area contributed by atoms with Crippen molar-refractivity contribution < 1.29 is 19.2 Å². The van der Waals surface area contributed by atoms with Crippen molar-refractivity contribution >= 4 is 70.0 Å². The summed E-state index contributed by atoms with van der Waals surface area (Å²) in [5.74, 6) is -1.02. The molecule has 0 spiro atoms. The predicted molar refractivity (Wildman–Crippen MR) is 188 cm³/mol. The first kappa shape index (κ1) is 37.1. The van der Waals surface area contributed by atoms with Crippen molar-refractivity contribution in [2.24, 2.45) is 10.9 Å². The smallest absolute Gasteiger partial charge is 0.321 e. The predicted octanol–water partition coefficient (Wildman–Crippen LogP) is 6.40. The Morgan fingerprint density at radius 2 is 1.68 bits per heavy atom. The number of likely N-dealkylation sites (tertiary alicyclic amines) is 1. The van der Waals surface area contributed by atoms with E-state index in [1.54, 1.807) is 55.0 Å². The van der Waals surface area contributed by atoms with Gasteiger partial charge in [0.15, 0.2) is 0 Å². The number of hydrogen-bond acceptors (Lipinski definition) is 6. The van der Waals surface area contributed by atoms with Crippen molar-refractivity contribution in [3.05, 3.63) is 67.6 Å². The molecule has 256 valence electrons. The van der Waals surface area contributed by atoms with Crippen molar-refractivity contribution in [1.82, 2.24) is 19.6 Å². The van der Waals surface area contributed by atoms with Gasteiger partial charge in [0.05, 0.1) is 22.3 Å². The van der Waals surface area contributed by atoms with E-state index in [-0.39, 0.29) is 30.4 Å². The third-order valence-corrected chi connectivity index (χ3v) is 10.3. The van der Waals surface area contributed by atoms with Crippen molar-refractivity contribution in [1.29, 1.82) is 0 Å². The Balaban J connectivity index is 1.46. The molecule has 10 nitrogen and oxygen atoms in total. The van der Waals surface area contributed by atoms with Crippen LogP contribution >= 0.6 is 46.4 Å². The first-order valence-corrected chi connectivity index (χ1v) is 17.1. The van der Waals surface area contributed by atoms with E-state index in [1.165, 1.54) is 7.11 Å². The van der Waals surface area contributed by atoms with Crippen LogP contribution in [-0.2, 0) is 9.63 Å². The van der Waals surface area contributed by atoms with Crippen molar-refractivity contribution in [2.75, 3.05) is 53.4 Å². The van der Waals surface area contributed by atoms with Gasteiger partial charge in [0, 0.05) is 60.8 Å². The second kappa shape index (κ2) is 16.1. The summed E-state index contributed by atoms with van der Waals surface area (Å²) in [5, 5.41) is 5.98. The van der Waals surface area contributed by atoms with E-state index in [1.807, 2.05) is 17.0 Å². The SMILES string of the molecule is CO/N=C(\CN(C)C(=O)c1cc(Cl)cc(Cl)c1)C(CCN1CCC(N2CCCN(C(C)(C)C(N)=O)C2=O)CC1)c1ccc(Cl)c(Cl)c1. The fourth-order valence-electron chi connectivity index (χ4n) is 6.29. The molecule has 2 aliphatic heterocycles. The molecule has 1 unspecified atom stereocenters. The number of rotatable bonds is 12. The highest BCUT2D eigenvalue weighted by molar-refractivity contribution is 6.42. The number of hydrogen-bond donors (Lipinski definition) is 1. The molecule has 2 aromatic carbocycles. The normalized spacial score (nSPS) is 17.5. The number of nitrogens with two attached hydrogens (primary N) is 1. The largest absolute Gasteiger partial charge is 0.399 e. The molecule has 2 saturated heterocycles. The van der Waals surface area contributed by atoms with Crippen LogP contribution in [0.3, 0.4) is 0 Å². The molecule has 2 aromatic rings. The monoisotopic (exact) mass is 726 g/mol. The molecule has 47 heavy (non-hydrogen) atoms. The van der Waals surface area contributed by atoms with Crippen LogP contribution in [0.25, 0.3) is 0 Å². The third kappa shape index (κ3) is 9.03. The minimum atomic E-state index is -1.04. The van der Waals surface area contributed by atoms with E-state index < -0.39 is 11.4 Å². The number of halogens is 4. The van der Waals surface area contributed by atoms with Crippen LogP contribution in [0.1, 0.15) is 61.4 Å². The number of oxime groups is 1. The second-order valence-electron chi connectivity index (χ2n) is 12.6. The highest BCUT2D eigenvalue weighted by atomic mass is 35.5. The zero-order chi connectivity index (χ0) is 34.5. The number of carbonyl (C=O) groups excluding carboxylic acids is 3. The zero-order valence-electron chi connectivity index (χ0n) is 27.1. The van der Waals surface area contributed by atoms with Gasteiger partial charge < -0.3 is 30.2 Å². The number of amides is 4. The van der Waals surface area contributed by atoms with Gasteiger partial charge in [-0.25, -0.2) is 4.79 Å². The van der Waals surface area contributed by atoms with Gasteiger partial charge in [-0.3, -0.25) is 9.59 Å². The van der Waals surface area contributed by atoms with Gasteiger partial charge in [0.25, 0.3) is 5.91 Å². The molecule has 4 amide bonds. The Hall–Kier alpha value is -2.76. The Kier molecular flexibility index (Phi) is 12.7. The Morgan fingerprint density at radius 1 is 1.02 bits per heavy atom. The van der Waals surface area contributed by atoms with Gasteiger partial charge >= 0.3 is 6.03 Å². The Bertz CT molecular complexity index is 1480. The number of urea groups is 1. The molecule has 0 radical (unpaired) electrons. The quantitative estimate of drug-likeness (QED) is 0.201. The van der Waals surface area contributed by atoms with Gasteiger partial charge in [-0.1, -0.05) is 57.6 Å². The van der Waals surface area contributed by atoms with Gasteiger partial charge in [0.2, 0.25) is 5.91 Å². The maximum Gasteiger partial charge on any atom is 0.321 e. The maximum atomic E-state index is 13.4. The molecule has 2 heterocycles. The van der Waals surface area contributed by atoms with Gasteiger partial charge in [-0.15, -0.1) is 0 Å². The van der Waals surface area contributed by atoms with E-state index >= 15 is 0 Å². The average molecular weight is 729 g/mol. The molecular weight excluding hydrogens is 686 g/mol. The molecule has 0 bridgehead atoms. The summed E-state index contributed by atoms with van der Waals surface area (Å²) in [7, 11) is 3.16. The first-order valence-electron chi connectivity index (χ1n) is 15.6. The van der Waals surface area contributed by atoms with Crippen molar-refractivity contribution in [3.63, 3.8) is 0 Å². The van der Waals surface area contributed by atoms with Crippen LogP contribution in [-0.4, -0.2) is 108 Å². The number of nitrogens with zero attached hydrogens (tertiary/aromatic N) is 5. The maximum absolute atomic E-state index is 13.4. The molecule has 4 rings (SSSR count). The van der Waals surface area contributed by atoms with E-state index in [0.29, 0.717) is 50.9 Å². The summed E-state index contributed by atoms with van der Waals surface area (Å²) in [6.45, 7) is 7.09. The highest BCUT2D eigenvalue weighted by Crippen LogP contribution is 2.31. The summed E-state index contributed by atoms with van der Waals surface area (Å²) in [6, 6.07) is 10.2. The Morgan fingerprint density at radius 3 is 2.28 bits per heavy atom. The summed E-state index contributed by atoms with van der Waals surface area (Å²) in [4.78, 5) is 51.6. The summed E-state index contributed by atoms with van der Waals surface area (Å²) in [5.41, 5.74) is 6.48.